The molecule has 2 atom stereocenters. The maximum absolute atomic E-state index is 13.2. The van der Waals surface area contributed by atoms with Crippen LogP contribution in [-0.4, -0.2) is 17.1 Å². The Hall–Kier alpha value is -1.94. The Labute approximate surface area is 169 Å². The molecule has 0 bridgehead atoms. The van der Waals surface area contributed by atoms with Crippen LogP contribution < -0.4 is 0 Å². The van der Waals surface area contributed by atoms with Crippen LogP contribution in [0.2, 0.25) is 0 Å². The Balaban J connectivity index is 2.03. The summed E-state index contributed by atoms with van der Waals surface area (Å²) >= 11 is 3.34. The van der Waals surface area contributed by atoms with Crippen LogP contribution >= 0.6 is 15.9 Å². The number of rotatable bonds is 6. The third-order valence-corrected chi connectivity index (χ3v) is 6.11. The molecule has 3 nitrogen and oxygen atoms in total. The van der Waals surface area contributed by atoms with Crippen molar-refractivity contribution in [1.29, 1.82) is 0 Å². The number of halogens is 1. The van der Waals surface area contributed by atoms with Gasteiger partial charge in [-0.2, -0.15) is 0 Å². The highest BCUT2D eigenvalue weighted by atomic mass is 79.9. The number of hydrogen-bond donors (Lipinski definition) is 0. The molecular weight excluding hydrogens is 404 g/mol. The van der Waals surface area contributed by atoms with Crippen LogP contribution in [0.3, 0.4) is 0 Å². The van der Waals surface area contributed by atoms with Gasteiger partial charge in [-0.1, -0.05) is 59.3 Å². The van der Waals surface area contributed by atoms with Crippen molar-refractivity contribution in [3.63, 3.8) is 0 Å². The van der Waals surface area contributed by atoms with Crippen LogP contribution in [0.25, 0.3) is 0 Å². The van der Waals surface area contributed by atoms with E-state index in [0.717, 1.165) is 34.9 Å². The molecule has 0 saturated carbocycles. The number of carbonyl (C=O) groups excluding carboxylic acids is 2. The van der Waals surface area contributed by atoms with Crippen LogP contribution in [0.5, 0.6) is 0 Å². The first-order valence-corrected chi connectivity index (χ1v) is 10.6. The van der Waals surface area contributed by atoms with E-state index < -0.39 is 12.0 Å². The molecule has 3 rings (SSSR count). The van der Waals surface area contributed by atoms with Gasteiger partial charge in [0.25, 0.3) is 0 Å². The molecule has 1 aliphatic carbocycles. The van der Waals surface area contributed by atoms with Gasteiger partial charge >= 0.3 is 5.97 Å². The van der Waals surface area contributed by atoms with Crippen molar-refractivity contribution in [1.82, 2.24) is 0 Å². The molecule has 142 valence electrons. The molecular formula is C23H25BrO3. The predicted octanol–water partition coefficient (Wildman–Crippen LogP) is 5.61. The van der Waals surface area contributed by atoms with Crippen molar-refractivity contribution in [2.24, 2.45) is 0 Å². The lowest BCUT2D eigenvalue weighted by Gasteiger charge is -2.23. The van der Waals surface area contributed by atoms with Crippen molar-refractivity contribution in [3.8, 4) is 0 Å². The first-order chi connectivity index (χ1) is 13.0. The third kappa shape index (κ3) is 3.73. The molecule has 2 aromatic carbocycles. The number of alkyl halides is 1. The minimum Gasteiger partial charge on any atom is -0.456 e. The van der Waals surface area contributed by atoms with E-state index in [1.165, 1.54) is 11.1 Å². The van der Waals surface area contributed by atoms with Crippen LogP contribution in [0.15, 0.2) is 36.4 Å². The standard InChI is InChI=1S/C23H25BrO3/c1-4-16-11-12-17(15(3)14(16)2)21-22(26)18-8-5-6-9-19(18)23(21)27-20(25)10-7-13-24/h5-6,8-9,11-12,21,23H,4,7,10,13H2,1-3H3. The third-order valence-electron chi connectivity index (χ3n) is 5.55. The number of aryl methyl sites for hydroxylation is 1. The number of ketones is 1. The van der Waals surface area contributed by atoms with E-state index in [1.54, 1.807) is 0 Å². The lowest BCUT2D eigenvalue weighted by molar-refractivity contribution is -0.149. The second-order valence-electron chi connectivity index (χ2n) is 7.05. The first-order valence-electron chi connectivity index (χ1n) is 9.47. The number of hydrogen-bond acceptors (Lipinski definition) is 3. The smallest absolute Gasteiger partial charge is 0.306 e. The molecule has 0 N–H and O–H groups in total. The zero-order valence-corrected chi connectivity index (χ0v) is 17.6. The molecule has 1 aliphatic rings. The summed E-state index contributed by atoms with van der Waals surface area (Å²) in [6.07, 6.45) is 1.46. The van der Waals surface area contributed by atoms with E-state index >= 15 is 0 Å². The topological polar surface area (TPSA) is 43.4 Å². The van der Waals surface area contributed by atoms with Gasteiger partial charge in [-0.05, 0) is 48.9 Å². The van der Waals surface area contributed by atoms with E-state index in [9.17, 15) is 9.59 Å². The van der Waals surface area contributed by atoms with E-state index in [2.05, 4.69) is 42.8 Å². The van der Waals surface area contributed by atoms with Crippen molar-refractivity contribution in [2.45, 2.75) is 52.1 Å². The highest BCUT2D eigenvalue weighted by molar-refractivity contribution is 9.09. The van der Waals surface area contributed by atoms with Gasteiger partial charge in [0.15, 0.2) is 5.78 Å². The van der Waals surface area contributed by atoms with Gasteiger partial charge in [-0.25, -0.2) is 0 Å². The van der Waals surface area contributed by atoms with Gasteiger partial charge in [0.2, 0.25) is 0 Å². The van der Waals surface area contributed by atoms with Crippen molar-refractivity contribution >= 4 is 27.7 Å². The molecule has 0 radical (unpaired) electrons. The summed E-state index contributed by atoms with van der Waals surface area (Å²) in [5.74, 6) is -0.691. The maximum Gasteiger partial charge on any atom is 0.306 e. The average molecular weight is 429 g/mol. The Morgan fingerprint density at radius 2 is 1.81 bits per heavy atom. The van der Waals surface area contributed by atoms with Gasteiger partial charge in [0, 0.05) is 22.9 Å². The zero-order valence-electron chi connectivity index (χ0n) is 16.0. The Morgan fingerprint density at radius 3 is 2.52 bits per heavy atom. The molecule has 0 amide bonds. The van der Waals surface area contributed by atoms with E-state index in [-0.39, 0.29) is 11.8 Å². The fourth-order valence-electron chi connectivity index (χ4n) is 3.92. The summed E-state index contributed by atoms with van der Waals surface area (Å²) < 4.78 is 5.85. The molecule has 2 unspecified atom stereocenters. The quantitative estimate of drug-likeness (QED) is 0.443. The monoisotopic (exact) mass is 428 g/mol. The lowest BCUT2D eigenvalue weighted by atomic mass is 9.86. The first kappa shape index (κ1) is 19.8. The largest absolute Gasteiger partial charge is 0.456 e. The number of esters is 1. The molecule has 2 aromatic rings. The molecule has 0 saturated heterocycles. The fourth-order valence-corrected chi connectivity index (χ4v) is 4.20. The highest BCUT2D eigenvalue weighted by Crippen LogP contribution is 2.46. The van der Waals surface area contributed by atoms with Crippen molar-refractivity contribution in [2.75, 3.05) is 5.33 Å². The summed E-state index contributed by atoms with van der Waals surface area (Å²) in [5, 5.41) is 0.752. The molecule has 0 spiro atoms. The van der Waals surface area contributed by atoms with E-state index in [4.69, 9.17) is 4.74 Å². The zero-order chi connectivity index (χ0) is 19.6. The second-order valence-corrected chi connectivity index (χ2v) is 7.84. The molecule has 4 heteroatoms. The number of benzene rings is 2. The van der Waals surface area contributed by atoms with Crippen LogP contribution in [0.4, 0.5) is 0 Å². The Morgan fingerprint density at radius 1 is 1.07 bits per heavy atom. The number of Topliss-reactive ketones (excluding diaryl/α,β-unsaturated/α-hetero) is 1. The minimum atomic E-state index is -0.554. The summed E-state index contributed by atoms with van der Waals surface area (Å²) in [6.45, 7) is 6.29. The maximum atomic E-state index is 13.2. The van der Waals surface area contributed by atoms with E-state index in [1.807, 2.05) is 30.3 Å². The SMILES string of the molecule is CCc1ccc(C2C(=O)c3ccccc3C2OC(=O)CCCBr)c(C)c1C. The van der Waals surface area contributed by atoms with Crippen LogP contribution in [-0.2, 0) is 16.0 Å². The van der Waals surface area contributed by atoms with Crippen molar-refractivity contribution in [3.05, 3.63) is 69.8 Å². The number of carbonyl (C=O) groups is 2. The van der Waals surface area contributed by atoms with Gasteiger partial charge in [-0.15, -0.1) is 0 Å². The van der Waals surface area contributed by atoms with Gasteiger partial charge < -0.3 is 4.74 Å². The molecule has 0 aliphatic heterocycles. The van der Waals surface area contributed by atoms with Crippen LogP contribution in [0.1, 0.15) is 70.0 Å². The van der Waals surface area contributed by atoms with Crippen molar-refractivity contribution < 1.29 is 14.3 Å². The summed E-state index contributed by atoms with van der Waals surface area (Å²) in [6, 6.07) is 11.6. The molecule has 0 aromatic heterocycles. The van der Waals surface area contributed by atoms with Gasteiger partial charge in [-0.3, -0.25) is 9.59 Å². The van der Waals surface area contributed by atoms with Crippen LogP contribution in [0, 0.1) is 13.8 Å². The average Bonchev–Trinajstić information content (AvgIpc) is 2.94. The molecule has 0 heterocycles. The molecule has 27 heavy (non-hydrogen) atoms. The summed E-state index contributed by atoms with van der Waals surface area (Å²) in [4.78, 5) is 25.6. The highest BCUT2D eigenvalue weighted by Gasteiger charge is 2.43. The van der Waals surface area contributed by atoms with Gasteiger partial charge in [0.1, 0.15) is 6.10 Å². The Bertz CT molecular complexity index is 872. The second kappa shape index (κ2) is 8.39. The number of ether oxygens (including phenoxy) is 1. The summed E-state index contributed by atoms with van der Waals surface area (Å²) in [5.41, 5.74) is 6.05. The predicted molar refractivity (Wildman–Crippen MR) is 111 cm³/mol. The lowest BCUT2D eigenvalue weighted by Crippen LogP contribution is -2.19. The van der Waals surface area contributed by atoms with E-state index in [0.29, 0.717) is 12.0 Å². The Kier molecular flexibility index (Phi) is 6.15. The van der Waals surface area contributed by atoms with Gasteiger partial charge in [0.05, 0.1) is 5.92 Å². The normalized spacial score (nSPS) is 18.4. The number of fused-ring (bicyclic) bond motifs is 1. The molecule has 0 fully saturated rings. The fraction of sp³-hybridized carbons (Fsp3) is 0.391. The summed E-state index contributed by atoms with van der Waals surface area (Å²) in [7, 11) is 0. The minimum absolute atomic E-state index is 0.0376.